The minimum absolute atomic E-state index is 0.0426. The van der Waals surface area contributed by atoms with Crippen molar-refractivity contribution in [2.75, 3.05) is 13.2 Å². The number of ketones is 3. The average molecular weight is 979 g/mol. The number of carbonyl (C=O) groups excluding carboxylic acids is 10. The van der Waals surface area contributed by atoms with Crippen molar-refractivity contribution in [3.63, 3.8) is 0 Å². The molecular formula is C50H86N6O13. The summed E-state index contributed by atoms with van der Waals surface area (Å²) in [4.78, 5) is 133. The Balaban J connectivity index is 3.36. The Kier molecular flexibility index (Phi) is 28.4. The third kappa shape index (κ3) is 23.6. The molecule has 0 bridgehead atoms. The second-order valence-corrected chi connectivity index (χ2v) is 20.1. The Labute approximate surface area is 410 Å². The van der Waals surface area contributed by atoms with E-state index in [1.165, 1.54) is 20.8 Å². The molecular weight excluding hydrogens is 893 g/mol. The van der Waals surface area contributed by atoms with E-state index in [1.54, 1.807) is 34.6 Å². The van der Waals surface area contributed by atoms with Crippen LogP contribution in [0.5, 0.6) is 0 Å². The summed E-state index contributed by atoms with van der Waals surface area (Å²) in [6.45, 7) is 20.2. The van der Waals surface area contributed by atoms with Gasteiger partial charge in [0.25, 0.3) is 0 Å². The second kappa shape index (κ2) is 31.4. The van der Waals surface area contributed by atoms with Crippen LogP contribution in [0.3, 0.4) is 0 Å². The molecule has 0 aromatic rings. The predicted molar refractivity (Wildman–Crippen MR) is 259 cm³/mol. The first-order valence-corrected chi connectivity index (χ1v) is 25.1. The summed E-state index contributed by atoms with van der Waals surface area (Å²) in [7, 11) is 0. The topological polar surface area (TPSA) is 285 Å². The number of Topliss-reactive ketones (excluding diaryl/α,β-unsaturated/α-hetero) is 3. The highest BCUT2D eigenvalue weighted by atomic mass is 16.6. The largest absolute Gasteiger partial charge is 0.463 e. The zero-order valence-electron chi connectivity index (χ0n) is 43.5. The van der Waals surface area contributed by atoms with Crippen LogP contribution in [0.2, 0.25) is 0 Å². The fourth-order valence-electron chi connectivity index (χ4n) is 7.51. The first-order valence-electron chi connectivity index (χ1n) is 25.1. The molecule has 69 heavy (non-hydrogen) atoms. The van der Waals surface area contributed by atoms with Gasteiger partial charge in [-0.3, -0.25) is 43.2 Å². The minimum Gasteiger partial charge on any atom is -0.463 e. The fraction of sp³-hybridized carbons (Fsp3) is 0.800. The van der Waals surface area contributed by atoms with Gasteiger partial charge in [0, 0.05) is 38.0 Å². The molecule has 7 N–H and O–H groups in total. The summed E-state index contributed by atoms with van der Waals surface area (Å²) in [6.07, 6.45) is 3.26. The molecule has 1 fully saturated rings. The van der Waals surface area contributed by atoms with E-state index in [4.69, 9.17) is 9.47 Å². The van der Waals surface area contributed by atoms with E-state index in [0.717, 1.165) is 25.7 Å². The van der Waals surface area contributed by atoms with Gasteiger partial charge in [-0.2, -0.15) is 0 Å². The van der Waals surface area contributed by atoms with E-state index in [1.807, 2.05) is 27.7 Å². The standard InChI is InChI=1S/C50H86N6O13/c1-13-15-17-19-39(59)55-42(30(5)6)48(66)51-35(22-21-33(10)58)47(65)54-38(45(63)50(12)28-68-50)26-34(11)69-41(61)24-23-36(46(64)53-37(25-29(3)4)44(62)32(9)27-57)52-49(67)43(31(7)8)56-40(60)20-18-16-14-2/h29-32,34-38,42-43,57H,13-28H2,1-12H3,(H,51,66)(H,52,67)(H,53,64)(H,54,65)(H,55,59)(H,56,60). The van der Waals surface area contributed by atoms with E-state index in [9.17, 15) is 53.1 Å². The average Bonchev–Trinajstić information content (AvgIpc) is 4.03. The van der Waals surface area contributed by atoms with Crippen LogP contribution in [0.15, 0.2) is 0 Å². The van der Waals surface area contributed by atoms with Crippen molar-refractivity contribution in [3.8, 4) is 0 Å². The number of aliphatic hydroxyl groups is 1. The van der Waals surface area contributed by atoms with E-state index in [-0.39, 0.29) is 86.9 Å². The van der Waals surface area contributed by atoms with Gasteiger partial charge in [-0.1, -0.05) is 88.0 Å². The number of carbonyl (C=O) groups is 10. The first-order chi connectivity index (χ1) is 32.3. The van der Waals surface area contributed by atoms with Gasteiger partial charge in [0.05, 0.1) is 25.3 Å². The van der Waals surface area contributed by atoms with Crippen LogP contribution in [-0.4, -0.2) is 125 Å². The Morgan fingerprint density at radius 2 is 1.01 bits per heavy atom. The maximum Gasteiger partial charge on any atom is 0.306 e. The molecule has 19 nitrogen and oxygen atoms in total. The minimum atomic E-state index is -1.38. The number of epoxide rings is 1. The van der Waals surface area contributed by atoms with Crippen LogP contribution in [0.4, 0.5) is 0 Å². The lowest BCUT2D eigenvalue weighted by molar-refractivity contribution is -0.150. The van der Waals surface area contributed by atoms with Gasteiger partial charge < -0.3 is 51.3 Å². The van der Waals surface area contributed by atoms with Gasteiger partial charge in [-0.25, -0.2) is 0 Å². The lowest BCUT2D eigenvalue weighted by atomic mass is 9.93. The quantitative estimate of drug-likeness (QED) is 0.0270. The Morgan fingerprint density at radius 1 is 0.580 bits per heavy atom. The number of esters is 1. The van der Waals surface area contributed by atoms with Crippen LogP contribution in [-0.2, 0) is 57.4 Å². The summed E-state index contributed by atoms with van der Waals surface area (Å²) in [6, 6.07) is -6.98. The molecule has 0 radical (unpaired) electrons. The summed E-state index contributed by atoms with van der Waals surface area (Å²) >= 11 is 0. The number of hydrogen-bond acceptors (Lipinski definition) is 13. The van der Waals surface area contributed by atoms with E-state index in [0.29, 0.717) is 12.8 Å². The van der Waals surface area contributed by atoms with Gasteiger partial charge in [0.2, 0.25) is 35.4 Å². The summed E-state index contributed by atoms with van der Waals surface area (Å²) in [5.41, 5.74) is -1.24. The molecule has 19 heteroatoms. The molecule has 1 saturated heterocycles. The Morgan fingerprint density at radius 3 is 1.41 bits per heavy atom. The van der Waals surface area contributed by atoms with Crippen molar-refractivity contribution in [2.45, 2.75) is 221 Å². The molecule has 9 unspecified atom stereocenters. The number of amides is 6. The van der Waals surface area contributed by atoms with E-state index in [2.05, 4.69) is 31.9 Å². The van der Waals surface area contributed by atoms with Crippen LogP contribution >= 0.6 is 0 Å². The SMILES string of the molecule is CCCCCC(=O)NC(C(=O)NC(CCC(=O)OC(C)CC(NC(=O)C(CCC(C)=O)NC(=O)C(NC(=O)CCCCC)C(C)C)C(=O)C1(C)CO1)C(=O)NC(CC(C)C)C(=O)C(C)CO)C(C)C. The third-order valence-electron chi connectivity index (χ3n) is 12.0. The molecule has 1 aliphatic rings. The number of aliphatic hydroxyl groups excluding tert-OH is 1. The molecule has 6 amide bonds. The molecule has 1 aliphatic heterocycles. The van der Waals surface area contributed by atoms with Gasteiger partial charge in [-0.15, -0.1) is 0 Å². The Bertz CT molecular complexity index is 1730. The van der Waals surface area contributed by atoms with Crippen LogP contribution in [0.25, 0.3) is 0 Å². The summed E-state index contributed by atoms with van der Waals surface area (Å²) in [5, 5.41) is 25.9. The number of rotatable bonds is 36. The molecule has 1 heterocycles. The third-order valence-corrected chi connectivity index (χ3v) is 12.0. The van der Waals surface area contributed by atoms with E-state index >= 15 is 0 Å². The zero-order chi connectivity index (χ0) is 52.6. The molecule has 394 valence electrons. The van der Waals surface area contributed by atoms with Crippen molar-refractivity contribution in [1.82, 2.24) is 31.9 Å². The molecule has 9 atom stereocenters. The highest BCUT2D eigenvalue weighted by Crippen LogP contribution is 2.29. The molecule has 0 aromatic heterocycles. The van der Waals surface area contributed by atoms with Crippen LogP contribution < -0.4 is 31.9 Å². The first kappa shape index (κ1) is 62.2. The molecule has 1 rings (SSSR count). The lowest BCUT2D eigenvalue weighted by Crippen LogP contribution is -2.58. The molecule has 0 aromatic carbocycles. The maximum absolute atomic E-state index is 14.0. The highest BCUT2D eigenvalue weighted by Gasteiger charge is 2.50. The summed E-state index contributed by atoms with van der Waals surface area (Å²) < 4.78 is 11.1. The number of ether oxygens (including phenoxy) is 2. The van der Waals surface area contributed by atoms with Crippen molar-refractivity contribution >= 4 is 58.8 Å². The predicted octanol–water partition coefficient (Wildman–Crippen LogP) is 3.44. The van der Waals surface area contributed by atoms with Gasteiger partial charge >= 0.3 is 5.97 Å². The van der Waals surface area contributed by atoms with Gasteiger partial charge in [0.1, 0.15) is 41.7 Å². The molecule has 0 saturated carbocycles. The van der Waals surface area contributed by atoms with Crippen molar-refractivity contribution in [1.29, 1.82) is 0 Å². The van der Waals surface area contributed by atoms with Crippen molar-refractivity contribution < 1.29 is 62.5 Å². The zero-order valence-corrected chi connectivity index (χ0v) is 43.5. The lowest BCUT2D eigenvalue weighted by Gasteiger charge is -2.28. The fourth-order valence-corrected chi connectivity index (χ4v) is 7.51. The van der Waals surface area contributed by atoms with Crippen molar-refractivity contribution in [3.05, 3.63) is 0 Å². The van der Waals surface area contributed by atoms with Crippen LogP contribution in [0.1, 0.15) is 173 Å². The maximum atomic E-state index is 14.0. The number of unbranched alkanes of at least 4 members (excludes halogenated alkanes) is 4. The number of nitrogens with one attached hydrogen (secondary N) is 6. The molecule has 0 aliphatic carbocycles. The normalized spacial score (nSPS) is 17.8. The van der Waals surface area contributed by atoms with Crippen molar-refractivity contribution in [2.24, 2.45) is 23.7 Å². The van der Waals surface area contributed by atoms with Crippen LogP contribution in [0, 0.1) is 23.7 Å². The highest BCUT2D eigenvalue weighted by molar-refractivity contribution is 5.99. The number of hydrogen-bond donors (Lipinski definition) is 7. The van der Waals surface area contributed by atoms with Gasteiger partial charge in [-0.05, 0) is 70.6 Å². The van der Waals surface area contributed by atoms with Gasteiger partial charge in [0.15, 0.2) is 11.6 Å². The molecule has 0 spiro atoms. The Hall–Kier alpha value is -4.78. The monoisotopic (exact) mass is 979 g/mol. The summed E-state index contributed by atoms with van der Waals surface area (Å²) in [5.74, 6) is -7.09. The van der Waals surface area contributed by atoms with E-state index < -0.39 is 108 Å². The second-order valence-electron chi connectivity index (χ2n) is 20.1. The smallest absolute Gasteiger partial charge is 0.306 e.